The number of carbonyl (C=O) groups excluding carboxylic acids is 1. The molecule has 2 fully saturated rings. The largest absolute Gasteiger partial charge is 0.472 e. The van der Waals surface area contributed by atoms with Gasteiger partial charge in [0, 0.05) is 23.3 Å². The van der Waals surface area contributed by atoms with Gasteiger partial charge in [-0.25, -0.2) is 4.98 Å². The molecule has 1 aliphatic carbocycles. The lowest BCUT2D eigenvalue weighted by molar-refractivity contribution is 0.0466. The molecule has 2 aromatic heterocycles. The third-order valence-electron chi connectivity index (χ3n) is 5.43. The Morgan fingerprint density at radius 1 is 1.11 bits per heavy atom. The highest BCUT2D eigenvalue weighted by Gasteiger charge is 2.48. The van der Waals surface area contributed by atoms with Crippen LogP contribution in [0.4, 0.5) is 0 Å². The van der Waals surface area contributed by atoms with Crippen molar-refractivity contribution >= 4 is 21.8 Å². The van der Waals surface area contributed by atoms with E-state index in [1.165, 1.54) is 4.80 Å². The topological polar surface area (TPSA) is 73.1 Å². The maximum Gasteiger partial charge on any atom is 0.256 e. The van der Waals surface area contributed by atoms with Crippen LogP contribution in [0.1, 0.15) is 23.2 Å². The van der Waals surface area contributed by atoms with Gasteiger partial charge in [0.2, 0.25) is 5.88 Å². The minimum Gasteiger partial charge on any atom is -0.472 e. The molecule has 1 saturated carbocycles. The number of halogens is 1. The monoisotopic (exact) mass is 439 g/mol. The number of ether oxygens (including phenoxy) is 1. The van der Waals surface area contributed by atoms with Crippen molar-refractivity contribution in [3.63, 3.8) is 0 Å². The first-order valence-electron chi connectivity index (χ1n) is 9.24. The second-order valence-electron chi connectivity index (χ2n) is 7.17. The zero-order chi connectivity index (χ0) is 19.1. The van der Waals surface area contributed by atoms with Crippen molar-refractivity contribution in [3.8, 4) is 11.6 Å². The quantitative estimate of drug-likeness (QED) is 0.624. The predicted molar refractivity (Wildman–Crippen MR) is 105 cm³/mol. The third kappa shape index (κ3) is 3.07. The number of hydrogen-bond acceptors (Lipinski definition) is 5. The third-order valence-corrected chi connectivity index (χ3v) is 5.90. The Morgan fingerprint density at radius 2 is 1.93 bits per heavy atom. The van der Waals surface area contributed by atoms with Crippen LogP contribution in [0.5, 0.6) is 5.88 Å². The van der Waals surface area contributed by atoms with E-state index in [0.29, 0.717) is 23.0 Å². The van der Waals surface area contributed by atoms with Crippen LogP contribution >= 0.6 is 15.9 Å². The number of hydrogen-bond donors (Lipinski definition) is 0. The lowest BCUT2D eigenvalue weighted by Crippen LogP contribution is -2.47. The number of aromatic nitrogens is 4. The number of rotatable bonds is 4. The maximum atomic E-state index is 13.4. The average molecular weight is 440 g/mol. The van der Waals surface area contributed by atoms with E-state index in [4.69, 9.17) is 4.74 Å². The first-order chi connectivity index (χ1) is 13.7. The summed E-state index contributed by atoms with van der Waals surface area (Å²) in [5, 5.41) is 8.36. The highest BCUT2D eigenvalue weighted by atomic mass is 79.9. The van der Waals surface area contributed by atoms with E-state index in [0.717, 1.165) is 23.9 Å². The second kappa shape index (κ2) is 7.01. The highest BCUT2D eigenvalue weighted by molar-refractivity contribution is 9.10. The molecule has 0 radical (unpaired) electrons. The summed E-state index contributed by atoms with van der Waals surface area (Å²) in [6.45, 7) is 0.762. The SMILES string of the molecule is O=C(c1ccccc1-n1nccn1)N1C[C@H]2C[C@@H](Oc3ccc(Br)cn3)[C@@H]1C2. The number of para-hydroxylation sites is 1. The zero-order valence-electron chi connectivity index (χ0n) is 15.0. The van der Waals surface area contributed by atoms with Crippen LogP contribution in [0.15, 0.2) is 59.5 Å². The van der Waals surface area contributed by atoms with Crippen LogP contribution in [-0.4, -0.2) is 49.5 Å². The molecular formula is C20H18BrN5O2. The molecule has 3 atom stereocenters. The Hall–Kier alpha value is -2.74. The van der Waals surface area contributed by atoms with Gasteiger partial charge in [0.25, 0.3) is 5.91 Å². The van der Waals surface area contributed by atoms with E-state index in [-0.39, 0.29) is 18.1 Å². The Labute approximate surface area is 170 Å². The van der Waals surface area contributed by atoms with Crippen molar-refractivity contribution in [1.82, 2.24) is 24.9 Å². The first kappa shape index (κ1) is 17.4. The summed E-state index contributed by atoms with van der Waals surface area (Å²) in [4.78, 5) is 21.1. The maximum absolute atomic E-state index is 13.4. The molecule has 142 valence electrons. The van der Waals surface area contributed by atoms with Crippen molar-refractivity contribution < 1.29 is 9.53 Å². The normalized spacial score (nSPS) is 23.2. The molecule has 1 aliphatic heterocycles. The van der Waals surface area contributed by atoms with Gasteiger partial charge in [-0.1, -0.05) is 12.1 Å². The fraction of sp³-hybridized carbons (Fsp3) is 0.300. The Balaban J connectivity index is 1.39. The minimum atomic E-state index is -0.0358. The lowest BCUT2D eigenvalue weighted by atomic mass is 10.1. The number of pyridine rings is 1. The van der Waals surface area contributed by atoms with Gasteiger partial charge < -0.3 is 9.64 Å². The minimum absolute atomic E-state index is 0.00235. The van der Waals surface area contributed by atoms with Gasteiger partial charge in [0.05, 0.1) is 29.7 Å². The van der Waals surface area contributed by atoms with Crippen molar-refractivity contribution in [2.24, 2.45) is 5.92 Å². The van der Waals surface area contributed by atoms with Gasteiger partial charge in [0.1, 0.15) is 6.10 Å². The number of carbonyl (C=O) groups is 1. The Bertz CT molecular complexity index is 992. The summed E-state index contributed by atoms with van der Waals surface area (Å²) in [5.41, 5.74) is 1.29. The summed E-state index contributed by atoms with van der Waals surface area (Å²) in [6, 6.07) is 11.3. The van der Waals surface area contributed by atoms with Crippen molar-refractivity contribution in [3.05, 3.63) is 65.0 Å². The molecule has 3 aromatic rings. The molecule has 8 heteroatoms. The molecule has 3 heterocycles. The van der Waals surface area contributed by atoms with Gasteiger partial charge in [-0.15, -0.1) is 0 Å². The summed E-state index contributed by atoms with van der Waals surface area (Å²) >= 11 is 3.39. The van der Waals surface area contributed by atoms with E-state index in [2.05, 4.69) is 31.1 Å². The molecule has 1 saturated heterocycles. The molecule has 5 rings (SSSR count). The first-order valence-corrected chi connectivity index (χ1v) is 10.0. The van der Waals surface area contributed by atoms with Crippen LogP contribution in [0, 0.1) is 5.92 Å². The number of amides is 1. The molecule has 2 aliphatic rings. The van der Waals surface area contributed by atoms with Crippen molar-refractivity contribution in [2.45, 2.75) is 25.0 Å². The van der Waals surface area contributed by atoms with Gasteiger partial charge in [0.15, 0.2) is 0 Å². The van der Waals surface area contributed by atoms with Crippen LogP contribution < -0.4 is 4.74 Å². The lowest BCUT2D eigenvalue weighted by Gasteiger charge is -2.33. The molecule has 28 heavy (non-hydrogen) atoms. The number of likely N-dealkylation sites (tertiary alicyclic amines) is 1. The van der Waals surface area contributed by atoms with Gasteiger partial charge in [-0.3, -0.25) is 4.79 Å². The standard InChI is InChI=1S/C20H18BrN5O2/c21-14-5-6-19(22-11-14)28-18-10-13-9-17(18)25(12-13)20(27)15-3-1-2-4-16(15)26-23-7-8-24-26/h1-8,11,13,17-18H,9-10,12H2/t13-,17+,18-/m1/s1. The smallest absolute Gasteiger partial charge is 0.256 e. The molecule has 2 bridgehead atoms. The highest BCUT2D eigenvalue weighted by Crippen LogP contribution is 2.40. The molecule has 0 unspecified atom stereocenters. The molecule has 1 amide bonds. The molecule has 7 nitrogen and oxygen atoms in total. The van der Waals surface area contributed by atoms with Gasteiger partial charge in [-0.05, 0) is 52.9 Å². The van der Waals surface area contributed by atoms with Crippen molar-refractivity contribution in [1.29, 1.82) is 0 Å². The Kier molecular flexibility index (Phi) is 4.35. The fourth-order valence-electron chi connectivity index (χ4n) is 4.24. The summed E-state index contributed by atoms with van der Waals surface area (Å²) in [7, 11) is 0. The van der Waals surface area contributed by atoms with E-state index in [1.54, 1.807) is 18.6 Å². The van der Waals surface area contributed by atoms with Crippen molar-refractivity contribution in [2.75, 3.05) is 6.54 Å². The molecule has 0 spiro atoms. The summed E-state index contributed by atoms with van der Waals surface area (Å²) in [6.07, 6.45) is 6.82. The van der Waals surface area contributed by atoms with Crippen LogP contribution in [0.2, 0.25) is 0 Å². The van der Waals surface area contributed by atoms with E-state index in [1.807, 2.05) is 41.3 Å². The van der Waals surface area contributed by atoms with Crippen LogP contribution in [-0.2, 0) is 0 Å². The van der Waals surface area contributed by atoms with Crippen LogP contribution in [0.3, 0.4) is 0 Å². The molecule has 1 aromatic carbocycles. The average Bonchev–Trinajstić information content (AvgIpc) is 3.46. The van der Waals surface area contributed by atoms with E-state index in [9.17, 15) is 4.79 Å². The number of nitrogens with zero attached hydrogens (tertiary/aromatic N) is 5. The number of benzene rings is 1. The number of fused-ring (bicyclic) bond motifs is 2. The summed E-state index contributed by atoms with van der Waals surface area (Å²) < 4.78 is 7.04. The summed E-state index contributed by atoms with van der Waals surface area (Å²) in [5.74, 6) is 1.05. The predicted octanol–water partition coefficient (Wildman–Crippen LogP) is 3.11. The molecular weight excluding hydrogens is 422 g/mol. The van der Waals surface area contributed by atoms with Gasteiger partial charge >= 0.3 is 0 Å². The zero-order valence-corrected chi connectivity index (χ0v) is 16.6. The van der Waals surface area contributed by atoms with Crippen LogP contribution in [0.25, 0.3) is 5.69 Å². The molecule has 0 N–H and O–H groups in total. The number of piperidine rings is 1. The van der Waals surface area contributed by atoms with E-state index < -0.39 is 0 Å². The second-order valence-corrected chi connectivity index (χ2v) is 8.08. The van der Waals surface area contributed by atoms with Gasteiger partial charge in [-0.2, -0.15) is 15.0 Å². The fourth-order valence-corrected chi connectivity index (χ4v) is 4.47. The van der Waals surface area contributed by atoms with E-state index >= 15 is 0 Å². The Morgan fingerprint density at radius 3 is 2.68 bits per heavy atom.